The largest absolute Gasteiger partial charge is 0.459 e. The van der Waals surface area contributed by atoms with Crippen LogP contribution in [-0.4, -0.2) is 61.3 Å². The second-order valence-electron chi connectivity index (χ2n) is 6.30. The Hall–Kier alpha value is -1.51. The van der Waals surface area contributed by atoms with Crippen molar-refractivity contribution in [3.8, 4) is 0 Å². The maximum absolute atomic E-state index is 12.0. The summed E-state index contributed by atoms with van der Waals surface area (Å²) in [6, 6.07) is 8.63. The van der Waals surface area contributed by atoms with Gasteiger partial charge < -0.3 is 28.8 Å². The molecule has 2 aliphatic heterocycles. The summed E-state index contributed by atoms with van der Waals surface area (Å²) in [5.74, 6) is -1.32. The monoisotopic (exact) mass is 338 g/mol. The molecule has 2 saturated heterocycles. The zero-order valence-corrected chi connectivity index (χ0v) is 13.9. The number of carbonyl (C=O) groups is 1. The second kappa shape index (κ2) is 6.78. The van der Waals surface area contributed by atoms with Crippen molar-refractivity contribution in [3.05, 3.63) is 35.9 Å². The van der Waals surface area contributed by atoms with Gasteiger partial charge in [0.1, 0.15) is 31.0 Å². The van der Waals surface area contributed by atoms with Gasteiger partial charge in [0.15, 0.2) is 12.1 Å². The zero-order valence-electron chi connectivity index (χ0n) is 13.9. The number of aliphatic hydroxyl groups excluding tert-OH is 1. The summed E-state index contributed by atoms with van der Waals surface area (Å²) in [7, 11) is 1.49. The van der Waals surface area contributed by atoms with E-state index in [4.69, 9.17) is 23.7 Å². The van der Waals surface area contributed by atoms with E-state index in [1.54, 1.807) is 38.1 Å². The number of fused-ring (bicyclic) bond motifs is 1. The Morgan fingerprint density at radius 2 is 1.88 bits per heavy atom. The Morgan fingerprint density at radius 3 is 2.54 bits per heavy atom. The number of carbonyl (C=O) groups excluding carboxylic acids is 1. The van der Waals surface area contributed by atoms with E-state index in [0.717, 1.165) is 0 Å². The number of benzene rings is 1. The molecule has 0 aromatic heterocycles. The smallest absolute Gasteiger partial charge is 0.338 e. The van der Waals surface area contributed by atoms with E-state index in [9.17, 15) is 9.90 Å². The molecule has 0 radical (unpaired) electrons. The van der Waals surface area contributed by atoms with Crippen LogP contribution in [0.1, 0.15) is 24.2 Å². The molecule has 0 spiro atoms. The van der Waals surface area contributed by atoms with Gasteiger partial charge in [0.05, 0.1) is 5.56 Å². The van der Waals surface area contributed by atoms with E-state index < -0.39 is 42.5 Å². The van der Waals surface area contributed by atoms with Crippen molar-refractivity contribution in [2.24, 2.45) is 0 Å². The quantitative estimate of drug-likeness (QED) is 0.823. The van der Waals surface area contributed by atoms with Gasteiger partial charge >= 0.3 is 5.97 Å². The number of methoxy groups -OCH3 is 1. The van der Waals surface area contributed by atoms with Crippen molar-refractivity contribution in [3.63, 3.8) is 0 Å². The average molecular weight is 338 g/mol. The fourth-order valence-electron chi connectivity index (χ4n) is 2.98. The van der Waals surface area contributed by atoms with Gasteiger partial charge in [-0.05, 0) is 26.0 Å². The van der Waals surface area contributed by atoms with Crippen LogP contribution in [0.2, 0.25) is 0 Å². The minimum atomic E-state index is -0.994. The number of rotatable bonds is 4. The van der Waals surface area contributed by atoms with Gasteiger partial charge in [-0.2, -0.15) is 0 Å². The first-order chi connectivity index (χ1) is 11.4. The maximum Gasteiger partial charge on any atom is 0.338 e. The molecule has 1 aromatic carbocycles. The first-order valence-electron chi connectivity index (χ1n) is 7.85. The number of ether oxygens (including phenoxy) is 5. The summed E-state index contributed by atoms with van der Waals surface area (Å²) < 4.78 is 27.7. The Balaban J connectivity index is 1.65. The van der Waals surface area contributed by atoms with Crippen LogP contribution < -0.4 is 0 Å². The molecule has 0 bridgehead atoms. The zero-order chi connectivity index (χ0) is 17.3. The van der Waals surface area contributed by atoms with Crippen LogP contribution in [0.4, 0.5) is 0 Å². The molecular formula is C17H22O7. The summed E-state index contributed by atoms with van der Waals surface area (Å²) in [5, 5.41) is 10.5. The molecule has 0 amide bonds. The summed E-state index contributed by atoms with van der Waals surface area (Å²) in [6.07, 6.45) is -3.62. The van der Waals surface area contributed by atoms with E-state index in [1.165, 1.54) is 7.11 Å². The van der Waals surface area contributed by atoms with Crippen LogP contribution in [0.15, 0.2) is 30.3 Å². The highest BCUT2D eigenvalue weighted by atomic mass is 16.8. The van der Waals surface area contributed by atoms with Crippen molar-refractivity contribution in [2.45, 2.75) is 50.3 Å². The third-order valence-electron chi connectivity index (χ3n) is 4.08. The highest BCUT2D eigenvalue weighted by molar-refractivity contribution is 5.89. The number of hydrogen-bond acceptors (Lipinski definition) is 7. The van der Waals surface area contributed by atoms with E-state index in [-0.39, 0.29) is 6.61 Å². The lowest BCUT2D eigenvalue weighted by molar-refractivity contribution is -0.272. The summed E-state index contributed by atoms with van der Waals surface area (Å²) in [5.41, 5.74) is 0.436. The Kier molecular flexibility index (Phi) is 4.89. The molecule has 2 aliphatic rings. The molecule has 5 atom stereocenters. The minimum Gasteiger partial charge on any atom is -0.459 e. The predicted molar refractivity (Wildman–Crippen MR) is 82.2 cm³/mol. The maximum atomic E-state index is 12.0. The highest BCUT2D eigenvalue weighted by Crippen LogP contribution is 2.37. The van der Waals surface area contributed by atoms with Crippen molar-refractivity contribution in [1.29, 1.82) is 0 Å². The van der Waals surface area contributed by atoms with Gasteiger partial charge in [-0.25, -0.2) is 4.79 Å². The van der Waals surface area contributed by atoms with Crippen molar-refractivity contribution < 1.29 is 33.6 Å². The molecule has 1 aromatic rings. The lowest BCUT2D eigenvalue weighted by Gasteiger charge is -2.38. The second-order valence-corrected chi connectivity index (χ2v) is 6.30. The van der Waals surface area contributed by atoms with Crippen LogP contribution in [-0.2, 0) is 23.7 Å². The molecule has 24 heavy (non-hydrogen) atoms. The van der Waals surface area contributed by atoms with E-state index in [2.05, 4.69) is 0 Å². The van der Waals surface area contributed by atoms with Gasteiger partial charge in [-0.3, -0.25) is 0 Å². The molecule has 2 heterocycles. The van der Waals surface area contributed by atoms with Gasteiger partial charge in [0.2, 0.25) is 0 Å². The summed E-state index contributed by atoms with van der Waals surface area (Å²) in [4.78, 5) is 12.0. The van der Waals surface area contributed by atoms with Crippen LogP contribution in [0.25, 0.3) is 0 Å². The lowest BCUT2D eigenvalue weighted by Crippen LogP contribution is -2.58. The first kappa shape index (κ1) is 17.3. The van der Waals surface area contributed by atoms with Crippen LogP contribution in [0, 0.1) is 0 Å². The highest BCUT2D eigenvalue weighted by Gasteiger charge is 2.55. The van der Waals surface area contributed by atoms with E-state index in [1.807, 2.05) is 6.07 Å². The predicted octanol–water partition coefficient (Wildman–Crippen LogP) is 1.10. The fraction of sp³-hybridized carbons (Fsp3) is 0.588. The Bertz CT molecular complexity index is 574. The number of hydrogen-bond donors (Lipinski definition) is 1. The van der Waals surface area contributed by atoms with Crippen LogP contribution in [0.3, 0.4) is 0 Å². The Morgan fingerprint density at radius 1 is 1.21 bits per heavy atom. The standard InChI is InChI=1S/C17H22O7/c1-17(2)23-13-12(18)11(22-16(20-3)14(13)24-17)9-21-15(19)10-7-5-4-6-8-10/h4-8,11-14,16,18H,9H2,1-3H3/t11-,12+,13+,14-,16-/m1/s1. The van der Waals surface area contributed by atoms with Gasteiger partial charge in [0, 0.05) is 7.11 Å². The molecule has 3 rings (SSSR count). The Labute approximate surface area is 140 Å². The molecule has 0 unspecified atom stereocenters. The third-order valence-corrected chi connectivity index (χ3v) is 4.08. The minimum absolute atomic E-state index is 0.109. The molecule has 0 saturated carbocycles. The normalized spacial score (nSPS) is 34.6. The van der Waals surface area contributed by atoms with Gasteiger partial charge in [-0.1, -0.05) is 18.2 Å². The first-order valence-corrected chi connectivity index (χ1v) is 7.85. The van der Waals surface area contributed by atoms with Gasteiger partial charge in [0.25, 0.3) is 0 Å². The fourth-order valence-corrected chi connectivity index (χ4v) is 2.98. The number of esters is 1. The molecule has 132 valence electrons. The van der Waals surface area contributed by atoms with Crippen LogP contribution >= 0.6 is 0 Å². The van der Waals surface area contributed by atoms with E-state index >= 15 is 0 Å². The molecule has 2 fully saturated rings. The summed E-state index contributed by atoms with van der Waals surface area (Å²) >= 11 is 0. The molecule has 0 aliphatic carbocycles. The average Bonchev–Trinajstić information content (AvgIpc) is 2.91. The summed E-state index contributed by atoms with van der Waals surface area (Å²) in [6.45, 7) is 3.41. The molecular weight excluding hydrogens is 316 g/mol. The van der Waals surface area contributed by atoms with Crippen molar-refractivity contribution in [1.82, 2.24) is 0 Å². The molecule has 7 heteroatoms. The van der Waals surface area contributed by atoms with Crippen LogP contribution in [0.5, 0.6) is 0 Å². The number of aliphatic hydroxyl groups is 1. The molecule has 1 N–H and O–H groups in total. The SMILES string of the molecule is CO[C@@H]1O[C@H](COC(=O)c2ccccc2)[C@H](O)[C@@H]2OC(C)(C)O[C@@H]12. The topological polar surface area (TPSA) is 83.5 Å². The molecule has 7 nitrogen and oxygen atoms in total. The lowest BCUT2D eigenvalue weighted by atomic mass is 9.99. The van der Waals surface area contributed by atoms with Crippen molar-refractivity contribution >= 4 is 5.97 Å². The van der Waals surface area contributed by atoms with Crippen molar-refractivity contribution in [2.75, 3.05) is 13.7 Å². The van der Waals surface area contributed by atoms with Gasteiger partial charge in [-0.15, -0.1) is 0 Å². The third kappa shape index (κ3) is 3.45. The van der Waals surface area contributed by atoms with E-state index in [0.29, 0.717) is 5.56 Å².